The smallest absolute Gasteiger partial charge is 0.0811 e. The van der Waals surface area contributed by atoms with E-state index in [1.54, 1.807) is 0 Å². The fourth-order valence-corrected chi connectivity index (χ4v) is 6.31. The van der Waals surface area contributed by atoms with Crippen molar-refractivity contribution in [2.24, 2.45) is 23.2 Å². The Bertz CT molecular complexity index is 723. The highest BCUT2D eigenvalue weighted by Crippen LogP contribution is 2.59. The van der Waals surface area contributed by atoms with Gasteiger partial charge in [-0.2, -0.15) is 0 Å². The third kappa shape index (κ3) is 5.18. The van der Waals surface area contributed by atoms with E-state index in [1.807, 2.05) is 13.8 Å². The van der Waals surface area contributed by atoms with Gasteiger partial charge in [-0.05, 0) is 93.1 Å². The lowest BCUT2D eigenvalue weighted by molar-refractivity contribution is 0.0830. The molecule has 3 saturated carbocycles. The monoisotopic (exact) mass is 414 g/mol. The lowest BCUT2D eigenvalue weighted by atomic mass is 9.61. The summed E-state index contributed by atoms with van der Waals surface area (Å²) in [5, 5.41) is 30.1. The van der Waals surface area contributed by atoms with Crippen LogP contribution in [-0.4, -0.2) is 33.1 Å². The van der Waals surface area contributed by atoms with Crippen molar-refractivity contribution in [3.8, 4) is 0 Å². The SMILES string of the molecule is C=C1/C(=C\C=C2\CCC[C@]3(C)[C@@H]([C@H](C)/C=C/CC(C)(C)O)CC[C@@H]23)C[C@@H](O)C[C@@H]1O. The highest BCUT2D eigenvalue weighted by atomic mass is 16.3. The van der Waals surface area contributed by atoms with Gasteiger partial charge in [0.15, 0.2) is 0 Å². The third-order valence-corrected chi connectivity index (χ3v) is 7.99. The van der Waals surface area contributed by atoms with Crippen LogP contribution in [0.3, 0.4) is 0 Å². The maximum atomic E-state index is 10.1. The molecule has 6 atom stereocenters. The molecule has 3 fully saturated rings. The molecule has 168 valence electrons. The first-order chi connectivity index (χ1) is 14.0. The predicted molar refractivity (Wildman–Crippen MR) is 124 cm³/mol. The molecule has 0 radical (unpaired) electrons. The van der Waals surface area contributed by atoms with Crippen LogP contribution in [0, 0.1) is 23.2 Å². The van der Waals surface area contributed by atoms with Crippen LogP contribution in [0.15, 0.2) is 47.6 Å². The Balaban J connectivity index is 1.75. The van der Waals surface area contributed by atoms with E-state index in [9.17, 15) is 15.3 Å². The van der Waals surface area contributed by atoms with E-state index in [1.165, 1.54) is 31.3 Å². The zero-order chi connectivity index (χ0) is 22.1. The molecule has 0 aliphatic heterocycles. The fraction of sp³-hybridized carbons (Fsp3) is 0.704. The summed E-state index contributed by atoms with van der Waals surface area (Å²) in [7, 11) is 0. The molecule has 0 spiro atoms. The third-order valence-electron chi connectivity index (χ3n) is 7.99. The molecule has 0 saturated heterocycles. The quantitative estimate of drug-likeness (QED) is 0.522. The van der Waals surface area contributed by atoms with Gasteiger partial charge >= 0.3 is 0 Å². The molecule has 3 heteroatoms. The number of hydrogen-bond acceptors (Lipinski definition) is 3. The maximum Gasteiger partial charge on any atom is 0.0811 e. The van der Waals surface area contributed by atoms with Crippen LogP contribution in [0.1, 0.15) is 79.1 Å². The highest BCUT2D eigenvalue weighted by molar-refractivity contribution is 5.38. The van der Waals surface area contributed by atoms with Crippen molar-refractivity contribution in [2.45, 2.75) is 96.9 Å². The number of aliphatic hydroxyl groups excluding tert-OH is 2. The first-order valence-electron chi connectivity index (χ1n) is 11.8. The van der Waals surface area contributed by atoms with Crippen LogP contribution in [0.4, 0.5) is 0 Å². The molecule has 3 rings (SSSR count). The van der Waals surface area contributed by atoms with E-state index in [2.05, 4.69) is 44.7 Å². The maximum absolute atomic E-state index is 10.1. The first kappa shape index (κ1) is 23.5. The number of rotatable bonds is 5. The van der Waals surface area contributed by atoms with E-state index in [0.29, 0.717) is 42.4 Å². The predicted octanol–water partition coefficient (Wildman–Crippen LogP) is 5.48. The van der Waals surface area contributed by atoms with Crippen LogP contribution < -0.4 is 0 Å². The molecule has 0 heterocycles. The second kappa shape index (κ2) is 9.14. The van der Waals surface area contributed by atoms with Gasteiger partial charge in [0.1, 0.15) is 0 Å². The minimum atomic E-state index is -0.642. The lowest BCUT2D eigenvalue weighted by Crippen LogP contribution is -2.35. The molecule has 0 aromatic rings. The van der Waals surface area contributed by atoms with Crippen LogP contribution in [0.2, 0.25) is 0 Å². The van der Waals surface area contributed by atoms with E-state index >= 15 is 0 Å². The Morgan fingerprint density at radius 2 is 1.97 bits per heavy atom. The van der Waals surface area contributed by atoms with Gasteiger partial charge in [-0.15, -0.1) is 0 Å². The van der Waals surface area contributed by atoms with Crippen LogP contribution in [-0.2, 0) is 0 Å². The van der Waals surface area contributed by atoms with Crippen LogP contribution >= 0.6 is 0 Å². The molecule has 0 amide bonds. The molecule has 0 aromatic carbocycles. The fourth-order valence-electron chi connectivity index (χ4n) is 6.31. The number of fused-ring (bicyclic) bond motifs is 1. The van der Waals surface area contributed by atoms with Gasteiger partial charge in [0, 0.05) is 6.42 Å². The van der Waals surface area contributed by atoms with Gasteiger partial charge in [-0.3, -0.25) is 0 Å². The summed E-state index contributed by atoms with van der Waals surface area (Å²) in [5.41, 5.74) is 2.98. The standard InChI is InChI=1S/C27H42O3/c1-18(8-6-14-26(3,4)30)23-12-13-24-20(9-7-15-27(23,24)5)10-11-21-16-22(28)17-25(29)19(21)2/h6,8,10-11,18,22-25,28-30H,2,7,9,12-17H2,1,3-5H3/b8-6+,20-10-,21-11-/t18-,22-,23-,24+,25+,27-/m1/s1. The van der Waals surface area contributed by atoms with Crippen molar-refractivity contribution in [1.82, 2.24) is 0 Å². The first-order valence-corrected chi connectivity index (χ1v) is 11.8. The molecule has 3 aliphatic rings. The molecular weight excluding hydrogens is 372 g/mol. The van der Waals surface area contributed by atoms with Crippen molar-refractivity contribution < 1.29 is 15.3 Å². The summed E-state index contributed by atoms with van der Waals surface area (Å²) < 4.78 is 0. The Labute approximate surface area is 183 Å². The summed E-state index contributed by atoms with van der Waals surface area (Å²) >= 11 is 0. The normalized spacial score (nSPS) is 39.1. The van der Waals surface area contributed by atoms with Crippen molar-refractivity contribution in [3.05, 3.63) is 47.6 Å². The Morgan fingerprint density at radius 1 is 1.23 bits per heavy atom. The molecule has 0 aromatic heterocycles. The van der Waals surface area contributed by atoms with Crippen molar-refractivity contribution in [3.63, 3.8) is 0 Å². The molecule has 3 N–H and O–H groups in total. The van der Waals surface area contributed by atoms with Crippen molar-refractivity contribution >= 4 is 0 Å². The molecule has 0 unspecified atom stereocenters. The van der Waals surface area contributed by atoms with Crippen LogP contribution in [0.5, 0.6) is 0 Å². The minimum Gasteiger partial charge on any atom is -0.393 e. The summed E-state index contributed by atoms with van der Waals surface area (Å²) in [4.78, 5) is 0. The average molecular weight is 415 g/mol. The van der Waals surface area contributed by atoms with Gasteiger partial charge < -0.3 is 15.3 Å². The topological polar surface area (TPSA) is 60.7 Å². The second-order valence-corrected chi connectivity index (χ2v) is 11.0. The molecule has 3 nitrogen and oxygen atoms in total. The van der Waals surface area contributed by atoms with E-state index < -0.39 is 17.8 Å². The molecular formula is C27H42O3. The second-order valence-electron chi connectivity index (χ2n) is 11.0. The highest BCUT2D eigenvalue weighted by Gasteiger charge is 2.50. The Morgan fingerprint density at radius 3 is 2.67 bits per heavy atom. The largest absolute Gasteiger partial charge is 0.393 e. The molecule has 3 aliphatic carbocycles. The minimum absolute atomic E-state index is 0.323. The van der Waals surface area contributed by atoms with Gasteiger partial charge in [-0.1, -0.05) is 50.3 Å². The number of aliphatic hydroxyl groups is 3. The van der Waals surface area contributed by atoms with Gasteiger partial charge in [0.2, 0.25) is 0 Å². The number of hydrogen-bond donors (Lipinski definition) is 3. The Kier molecular flexibility index (Phi) is 7.16. The van der Waals surface area contributed by atoms with Crippen molar-refractivity contribution in [2.75, 3.05) is 0 Å². The summed E-state index contributed by atoms with van der Waals surface area (Å²) in [6.45, 7) is 12.6. The summed E-state index contributed by atoms with van der Waals surface area (Å²) in [6.07, 6.45) is 15.6. The van der Waals surface area contributed by atoms with Crippen LogP contribution in [0.25, 0.3) is 0 Å². The lowest BCUT2D eigenvalue weighted by Gasteiger charge is -2.44. The molecule has 30 heavy (non-hydrogen) atoms. The summed E-state index contributed by atoms with van der Waals surface area (Å²) in [6, 6.07) is 0. The Hall–Kier alpha value is -1.16. The zero-order valence-electron chi connectivity index (χ0n) is 19.4. The van der Waals surface area contributed by atoms with Crippen molar-refractivity contribution in [1.29, 1.82) is 0 Å². The van der Waals surface area contributed by atoms with E-state index in [0.717, 1.165) is 17.6 Å². The van der Waals surface area contributed by atoms with Gasteiger partial charge in [-0.25, -0.2) is 0 Å². The summed E-state index contributed by atoms with van der Waals surface area (Å²) in [5.74, 6) is 1.80. The average Bonchev–Trinajstić information content (AvgIpc) is 3.00. The van der Waals surface area contributed by atoms with E-state index in [4.69, 9.17) is 0 Å². The molecule has 0 bridgehead atoms. The van der Waals surface area contributed by atoms with Gasteiger partial charge in [0.25, 0.3) is 0 Å². The zero-order valence-corrected chi connectivity index (χ0v) is 19.4. The number of allylic oxidation sites excluding steroid dienone is 4. The van der Waals surface area contributed by atoms with Gasteiger partial charge in [0.05, 0.1) is 17.8 Å². The van der Waals surface area contributed by atoms with E-state index in [-0.39, 0.29) is 0 Å².